The molecule has 0 unspecified atom stereocenters. The maximum absolute atomic E-state index is 13.5. The summed E-state index contributed by atoms with van der Waals surface area (Å²) in [5.74, 6) is -0.257. The standard InChI is InChI=1S/C23H27N3O4S/c1-2-22(27)24-18-9-11-19(12-10-18)31(29,30)26-14-13-16-5-3-4-6-20(16)21(26)15-23(28)25-17-7-8-17/h3-6,9-12,17,21H,2,7-8,13-15H2,1H3,(H,24,27)(H,25,28)/t21-/m1/s1. The van der Waals surface area contributed by atoms with Crippen molar-refractivity contribution in [2.75, 3.05) is 11.9 Å². The highest BCUT2D eigenvalue weighted by Gasteiger charge is 2.38. The van der Waals surface area contributed by atoms with Gasteiger partial charge in [-0.05, 0) is 54.7 Å². The molecule has 2 aliphatic rings. The van der Waals surface area contributed by atoms with Crippen molar-refractivity contribution in [2.45, 2.75) is 56.0 Å². The van der Waals surface area contributed by atoms with Gasteiger partial charge in [0, 0.05) is 31.1 Å². The van der Waals surface area contributed by atoms with Crippen molar-refractivity contribution in [3.05, 3.63) is 59.7 Å². The van der Waals surface area contributed by atoms with Crippen LogP contribution in [0.15, 0.2) is 53.4 Å². The van der Waals surface area contributed by atoms with Crippen molar-refractivity contribution in [3.63, 3.8) is 0 Å². The average molecular weight is 442 g/mol. The fourth-order valence-corrected chi connectivity index (χ4v) is 5.52. The molecular formula is C23H27N3O4S. The lowest BCUT2D eigenvalue weighted by Gasteiger charge is -2.36. The van der Waals surface area contributed by atoms with Crippen molar-refractivity contribution in [1.82, 2.24) is 9.62 Å². The smallest absolute Gasteiger partial charge is 0.243 e. The van der Waals surface area contributed by atoms with Crippen molar-refractivity contribution in [2.24, 2.45) is 0 Å². The van der Waals surface area contributed by atoms with E-state index in [1.165, 1.54) is 16.4 Å². The SMILES string of the molecule is CCC(=O)Nc1ccc(S(=O)(=O)N2CCc3ccccc3[C@H]2CC(=O)NC2CC2)cc1. The third-order valence-electron chi connectivity index (χ3n) is 5.75. The molecule has 1 fully saturated rings. The van der Waals surface area contributed by atoms with E-state index in [0.29, 0.717) is 25.1 Å². The predicted molar refractivity (Wildman–Crippen MR) is 118 cm³/mol. The molecule has 0 saturated heterocycles. The molecule has 0 aromatic heterocycles. The lowest BCUT2D eigenvalue weighted by atomic mass is 9.92. The number of nitrogens with one attached hydrogen (secondary N) is 2. The largest absolute Gasteiger partial charge is 0.353 e. The normalized spacial score (nSPS) is 18.8. The summed E-state index contributed by atoms with van der Waals surface area (Å²) in [6.07, 6.45) is 3.00. The van der Waals surface area contributed by atoms with E-state index < -0.39 is 16.1 Å². The van der Waals surface area contributed by atoms with Gasteiger partial charge in [0.2, 0.25) is 21.8 Å². The molecule has 31 heavy (non-hydrogen) atoms. The van der Waals surface area contributed by atoms with E-state index in [-0.39, 0.29) is 29.2 Å². The molecule has 2 aromatic carbocycles. The first kappa shape index (κ1) is 21.5. The minimum absolute atomic E-state index is 0.0946. The van der Waals surface area contributed by atoms with Crippen LogP contribution < -0.4 is 10.6 Å². The molecule has 4 rings (SSSR count). The highest BCUT2D eigenvalue weighted by molar-refractivity contribution is 7.89. The summed E-state index contributed by atoms with van der Waals surface area (Å²) in [4.78, 5) is 24.3. The fourth-order valence-electron chi connectivity index (χ4n) is 3.91. The third-order valence-corrected chi connectivity index (χ3v) is 7.67. The molecule has 1 saturated carbocycles. The van der Waals surface area contributed by atoms with Crippen LogP contribution in [-0.4, -0.2) is 37.1 Å². The Hall–Kier alpha value is -2.71. The molecule has 1 heterocycles. The Morgan fingerprint density at radius 1 is 1.03 bits per heavy atom. The van der Waals surface area contributed by atoms with E-state index in [0.717, 1.165) is 24.0 Å². The number of carbonyl (C=O) groups excluding carboxylic acids is 2. The second-order valence-electron chi connectivity index (χ2n) is 8.05. The third kappa shape index (κ3) is 4.80. The van der Waals surface area contributed by atoms with E-state index in [2.05, 4.69) is 10.6 Å². The van der Waals surface area contributed by atoms with Crippen molar-refractivity contribution in [3.8, 4) is 0 Å². The minimum atomic E-state index is -3.82. The van der Waals surface area contributed by atoms with E-state index in [9.17, 15) is 18.0 Å². The topological polar surface area (TPSA) is 95.6 Å². The number of hydrogen-bond donors (Lipinski definition) is 2. The van der Waals surface area contributed by atoms with E-state index in [1.807, 2.05) is 24.3 Å². The first-order valence-corrected chi connectivity index (χ1v) is 12.1. The molecular weight excluding hydrogens is 414 g/mol. The minimum Gasteiger partial charge on any atom is -0.353 e. The maximum Gasteiger partial charge on any atom is 0.243 e. The monoisotopic (exact) mass is 441 g/mol. The Labute approximate surface area is 182 Å². The Morgan fingerprint density at radius 3 is 2.42 bits per heavy atom. The van der Waals surface area contributed by atoms with Crippen LogP contribution in [0.4, 0.5) is 5.69 Å². The molecule has 2 amide bonds. The predicted octanol–water partition coefficient (Wildman–Crippen LogP) is 2.99. The number of sulfonamides is 1. The van der Waals surface area contributed by atoms with Gasteiger partial charge < -0.3 is 10.6 Å². The zero-order valence-corrected chi connectivity index (χ0v) is 18.3. The number of benzene rings is 2. The summed E-state index contributed by atoms with van der Waals surface area (Å²) in [5, 5.41) is 5.70. The Balaban J connectivity index is 1.61. The van der Waals surface area contributed by atoms with Crippen LogP contribution in [0.1, 0.15) is 49.8 Å². The number of rotatable bonds is 7. The van der Waals surface area contributed by atoms with E-state index in [1.54, 1.807) is 19.1 Å². The summed E-state index contributed by atoms with van der Waals surface area (Å²) in [5.41, 5.74) is 2.51. The molecule has 8 heteroatoms. The molecule has 2 N–H and O–H groups in total. The van der Waals surface area contributed by atoms with E-state index >= 15 is 0 Å². The molecule has 1 atom stereocenters. The zero-order chi connectivity index (χ0) is 22.0. The highest BCUT2D eigenvalue weighted by atomic mass is 32.2. The van der Waals surface area contributed by atoms with Gasteiger partial charge >= 0.3 is 0 Å². The van der Waals surface area contributed by atoms with Gasteiger partial charge in [0.05, 0.1) is 10.9 Å². The molecule has 1 aliphatic carbocycles. The summed E-state index contributed by atoms with van der Waals surface area (Å²) in [6.45, 7) is 2.07. The van der Waals surface area contributed by atoms with Crippen molar-refractivity contribution in [1.29, 1.82) is 0 Å². The molecule has 164 valence electrons. The molecule has 0 bridgehead atoms. The lowest BCUT2D eigenvalue weighted by molar-refractivity contribution is -0.122. The number of anilines is 1. The molecule has 0 radical (unpaired) electrons. The number of nitrogens with zero attached hydrogens (tertiary/aromatic N) is 1. The van der Waals surface area contributed by atoms with Gasteiger partial charge in [-0.25, -0.2) is 8.42 Å². The van der Waals surface area contributed by atoms with Crippen LogP contribution in [0, 0.1) is 0 Å². The van der Waals surface area contributed by atoms with Crippen LogP contribution in [0.25, 0.3) is 0 Å². The Morgan fingerprint density at radius 2 is 1.74 bits per heavy atom. The van der Waals surface area contributed by atoms with Gasteiger partial charge in [-0.15, -0.1) is 0 Å². The Kier molecular flexibility index (Phi) is 6.11. The summed E-state index contributed by atoms with van der Waals surface area (Å²) in [7, 11) is -3.82. The molecule has 2 aromatic rings. The highest BCUT2D eigenvalue weighted by Crippen LogP contribution is 2.36. The lowest BCUT2D eigenvalue weighted by Crippen LogP contribution is -2.42. The first-order valence-electron chi connectivity index (χ1n) is 10.7. The quantitative estimate of drug-likeness (QED) is 0.690. The Bertz CT molecular complexity index is 1080. The first-order chi connectivity index (χ1) is 14.9. The number of hydrogen-bond acceptors (Lipinski definition) is 4. The number of amides is 2. The van der Waals surface area contributed by atoms with Gasteiger partial charge in [-0.1, -0.05) is 31.2 Å². The number of carbonyl (C=O) groups is 2. The van der Waals surface area contributed by atoms with Crippen molar-refractivity contribution >= 4 is 27.5 Å². The number of fused-ring (bicyclic) bond motifs is 1. The van der Waals surface area contributed by atoms with Gasteiger partial charge in [-0.2, -0.15) is 4.31 Å². The van der Waals surface area contributed by atoms with Crippen LogP contribution in [0.5, 0.6) is 0 Å². The van der Waals surface area contributed by atoms with Crippen LogP contribution in [-0.2, 0) is 26.0 Å². The summed E-state index contributed by atoms with van der Waals surface area (Å²) >= 11 is 0. The zero-order valence-electron chi connectivity index (χ0n) is 17.5. The van der Waals surface area contributed by atoms with Crippen LogP contribution in [0.2, 0.25) is 0 Å². The van der Waals surface area contributed by atoms with Gasteiger partial charge in [-0.3, -0.25) is 9.59 Å². The average Bonchev–Trinajstić information content (AvgIpc) is 3.58. The molecule has 0 spiro atoms. The second kappa shape index (κ2) is 8.80. The second-order valence-corrected chi connectivity index (χ2v) is 9.94. The maximum atomic E-state index is 13.5. The molecule has 1 aliphatic heterocycles. The molecule has 7 nitrogen and oxygen atoms in total. The summed E-state index contributed by atoms with van der Waals surface area (Å²) < 4.78 is 28.5. The van der Waals surface area contributed by atoms with E-state index in [4.69, 9.17) is 0 Å². The van der Waals surface area contributed by atoms with Gasteiger partial charge in [0.15, 0.2) is 0 Å². The van der Waals surface area contributed by atoms with Crippen LogP contribution >= 0.6 is 0 Å². The summed E-state index contributed by atoms with van der Waals surface area (Å²) in [6, 6.07) is 13.6. The van der Waals surface area contributed by atoms with Crippen molar-refractivity contribution < 1.29 is 18.0 Å². The van der Waals surface area contributed by atoms with Gasteiger partial charge in [0.1, 0.15) is 0 Å². The van der Waals surface area contributed by atoms with Gasteiger partial charge in [0.25, 0.3) is 0 Å². The van der Waals surface area contributed by atoms with Crippen LogP contribution in [0.3, 0.4) is 0 Å². The fraction of sp³-hybridized carbons (Fsp3) is 0.391.